The fraction of sp³-hybridized carbons (Fsp3) is 0.875. The maximum absolute atomic E-state index is 11.4. The third-order valence-corrected chi connectivity index (χ3v) is 5.61. The molecule has 2 heterocycles. The van der Waals surface area contributed by atoms with Crippen molar-refractivity contribution in [3.05, 3.63) is 0 Å². The largest absolute Gasteiger partial charge is 0.481 e. The first-order valence-electron chi connectivity index (χ1n) is 8.70. The molecule has 0 radical (unpaired) electrons. The molecule has 0 aromatic heterocycles. The third kappa shape index (κ3) is 3.84. The third-order valence-electron chi connectivity index (χ3n) is 5.61. The maximum Gasteiger partial charge on any atom is 0.306 e. The Kier molecular flexibility index (Phi) is 5.18. The summed E-state index contributed by atoms with van der Waals surface area (Å²) in [6.07, 6.45) is 5.36. The number of nitrogens with one attached hydrogen (secondary N) is 2. The van der Waals surface area contributed by atoms with Crippen LogP contribution in [0.2, 0.25) is 0 Å². The summed E-state index contributed by atoms with van der Waals surface area (Å²) in [6, 6.07) is 0. The van der Waals surface area contributed by atoms with E-state index in [0.29, 0.717) is 18.3 Å². The Labute approximate surface area is 136 Å². The maximum atomic E-state index is 11.4. The number of carboxylic acid groups (broad SMARTS) is 1. The SMILES string of the molecule is CC(=O)N1CCC(C2NC(C3CCCC(C(=O)O)C3)NO2)CC1. The summed E-state index contributed by atoms with van der Waals surface area (Å²) in [5, 5.41) is 12.7. The van der Waals surface area contributed by atoms with Crippen LogP contribution in [0.4, 0.5) is 0 Å². The first-order valence-corrected chi connectivity index (χ1v) is 8.70. The second-order valence-corrected chi connectivity index (χ2v) is 7.11. The van der Waals surface area contributed by atoms with Gasteiger partial charge in [-0.05, 0) is 38.0 Å². The topological polar surface area (TPSA) is 90.9 Å². The second-order valence-electron chi connectivity index (χ2n) is 7.11. The summed E-state index contributed by atoms with van der Waals surface area (Å²) in [5.41, 5.74) is 3.08. The molecule has 23 heavy (non-hydrogen) atoms. The van der Waals surface area contributed by atoms with Gasteiger partial charge in [-0.1, -0.05) is 6.42 Å². The minimum atomic E-state index is -0.679. The highest BCUT2D eigenvalue weighted by Crippen LogP contribution is 2.33. The number of rotatable bonds is 3. The lowest BCUT2D eigenvalue weighted by atomic mass is 9.80. The Morgan fingerprint density at radius 1 is 1.13 bits per heavy atom. The Morgan fingerprint density at radius 3 is 2.52 bits per heavy atom. The first-order chi connectivity index (χ1) is 11.0. The summed E-state index contributed by atoms with van der Waals surface area (Å²) < 4.78 is 0. The van der Waals surface area contributed by atoms with Crippen molar-refractivity contribution in [1.29, 1.82) is 0 Å². The van der Waals surface area contributed by atoms with E-state index < -0.39 is 5.97 Å². The summed E-state index contributed by atoms with van der Waals surface area (Å²) in [4.78, 5) is 30.2. The molecule has 1 amide bonds. The van der Waals surface area contributed by atoms with Gasteiger partial charge in [0.25, 0.3) is 0 Å². The molecule has 130 valence electrons. The van der Waals surface area contributed by atoms with Crippen LogP contribution >= 0.6 is 0 Å². The normalized spacial score (nSPS) is 36.1. The Balaban J connectivity index is 1.49. The summed E-state index contributed by atoms with van der Waals surface area (Å²) >= 11 is 0. The molecule has 1 aliphatic carbocycles. The molecule has 2 aliphatic heterocycles. The van der Waals surface area contributed by atoms with E-state index in [1.54, 1.807) is 6.92 Å². The molecule has 3 rings (SSSR count). The molecule has 1 saturated carbocycles. The molecular weight excluding hydrogens is 298 g/mol. The average Bonchev–Trinajstić information content (AvgIpc) is 3.05. The number of aliphatic carboxylic acids is 1. The summed E-state index contributed by atoms with van der Waals surface area (Å²) in [7, 11) is 0. The number of nitrogens with zero attached hydrogens (tertiary/aromatic N) is 1. The molecule has 3 fully saturated rings. The molecule has 4 atom stereocenters. The smallest absolute Gasteiger partial charge is 0.306 e. The van der Waals surface area contributed by atoms with Crippen molar-refractivity contribution in [2.24, 2.45) is 17.8 Å². The number of likely N-dealkylation sites (tertiary alicyclic amines) is 1. The number of hydroxylamine groups is 1. The van der Waals surface area contributed by atoms with Crippen molar-refractivity contribution in [2.75, 3.05) is 13.1 Å². The Hall–Kier alpha value is -1.18. The molecule has 7 nitrogen and oxygen atoms in total. The molecule has 0 spiro atoms. The molecule has 3 N–H and O–H groups in total. The lowest BCUT2D eigenvalue weighted by Crippen LogP contribution is -2.46. The molecule has 2 saturated heterocycles. The van der Waals surface area contributed by atoms with Crippen LogP contribution in [0.5, 0.6) is 0 Å². The summed E-state index contributed by atoms with van der Waals surface area (Å²) in [6.45, 7) is 3.19. The van der Waals surface area contributed by atoms with Gasteiger partial charge in [0.15, 0.2) is 0 Å². The van der Waals surface area contributed by atoms with Gasteiger partial charge < -0.3 is 10.0 Å². The van der Waals surface area contributed by atoms with E-state index in [-0.39, 0.29) is 24.2 Å². The van der Waals surface area contributed by atoms with Crippen LogP contribution in [0.1, 0.15) is 45.4 Å². The van der Waals surface area contributed by atoms with Crippen LogP contribution in [0.3, 0.4) is 0 Å². The van der Waals surface area contributed by atoms with Crippen LogP contribution in [0, 0.1) is 17.8 Å². The van der Waals surface area contributed by atoms with Crippen LogP contribution in [-0.2, 0) is 14.4 Å². The zero-order valence-corrected chi connectivity index (χ0v) is 13.7. The van der Waals surface area contributed by atoms with E-state index in [2.05, 4.69) is 10.8 Å². The van der Waals surface area contributed by atoms with E-state index in [1.165, 1.54) is 0 Å². The standard InChI is InChI=1S/C16H27N3O4/c1-10(20)19-7-5-11(6-8-19)15-17-14(18-23-15)12-3-2-4-13(9-12)16(21)22/h11-15,17-18H,2-9H2,1H3,(H,21,22). The molecule has 3 aliphatic rings. The van der Waals surface area contributed by atoms with Crippen molar-refractivity contribution < 1.29 is 19.5 Å². The van der Waals surface area contributed by atoms with Gasteiger partial charge in [-0.3, -0.25) is 19.7 Å². The Morgan fingerprint density at radius 2 is 1.87 bits per heavy atom. The molecule has 0 bridgehead atoms. The van der Waals surface area contributed by atoms with Crippen molar-refractivity contribution in [2.45, 2.75) is 57.8 Å². The van der Waals surface area contributed by atoms with Gasteiger partial charge >= 0.3 is 5.97 Å². The van der Waals surface area contributed by atoms with Crippen LogP contribution in [0.15, 0.2) is 0 Å². The lowest BCUT2D eigenvalue weighted by Gasteiger charge is -2.34. The van der Waals surface area contributed by atoms with Crippen LogP contribution in [-0.4, -0.2) is 47.4 Å². The van der Waals surface area contributed by atoms with Gasteiger partial charge in [0, 0.05) is 25.9 Å². The number of carboxylic acids is 1. The van der Waals surface area contributed by atoms with Gasteiger partial charge in [-0.15, -0.1) is 0 Å². The second kappa shape index (κ2) is 7.15. The highest BCUT2D eigenvalue weighted by Gasteiger charge is 2.39. The van der Waals surface area contributed by atoms with Crippen molar-refractivity contribution in [1.82, 2.24) is 15.7 Å². The van der Waals surface area contributed by atoms with E-state index in [0.717, 1.165) is 45.2 Å². The molecule has 4 unspecified atom stereocenters. The van der Waals surface area contributed by atoms with Crippen molar-refractivity contribution in [3.63, 3.8) is 0 Å². The fourth-order valence-corrected chi connectivity index (χ4v) is 4.13. The summed E-state index contributed by atoms with van der Waals surface area (Å²) in [5.74, 6) is -0.0761. The number of carbonyl (C=O) groups is 2. The van der Waals surface area contributed by atoms with Gasteiger partial charge in [-0.25, -0.2) is 0 Å². The highest BCUT2D eigenvalue weighted by atomic mass is 16.7. The zero-order valence-electron chi connectivity index (χ0n) is 13.7. The predicted molar refractivity (Wildman–Crippen MR) is 83.0 cm³/mol. The van der Waals surface area contributed by atoms with Crippen LogP contribution in [0.25, 0.3) is 0 Å². The number of hydrogen-bond donors (Lipinski definition) is 3. The van der Waals surface area contributed by atoms with Crippen molar-refractivity contribution in [3.8, 4) is 0 Å². The molecular formula is C16H27N3O4. The van der Waals surface area contributed by atoms with E-state index in [1.807, 2.05) is 4.90 Å². The van der Waals surface area contributed by atoms with E-state index in [4.69, 9.17) is 4.84 Å². The van der Waals surface area contributed by atoms with Gasteiger partial charge in [-0.2, -0.15) is 5.48 Å². The lowest BCUT2D eigenvalue weighted by molar-refractivity contribution is -0.143. The quantitative estimate of drug-likeness (QED) is 0.714. The number of amides is 1. The first kappa shape index (κ1) is 16.7. The molecule has 7 heteroatoms. The van der Waals surface area contributed by atoms with E-state index in [9.17, 15) is 14.7 Å². The minimum absolute atomic E-state index is 0.0352. The number of piperidine rings is 1. The molecule has 0 aromatic rings. The monoisotopic (exact) mass is 325 g/mol. The van der Waals surface area contributed by atoms with Gasteiger partial charge in [0.05, 0.1) is 12.1 Å². The van der Waals surface area contributed by atoms with Crippen LogP contribution < -0.4 is 10.8 Å². The average molecular weight is 325 g/mol. The predicted octanol–water partition coefficient (Wildman–Crippen LogP) is 0.913. The molecule has 0 aromatic carbocycles. The number of hydrogen-bond acceptors (Lipinski definition) is 5. The van der Waals surface area contributed by atoms with E-state index >= 15 is 0 Å². The minimum Gasteiger partial charge on any atom is -0.481 e. The van der Waals surface area contributed by atoms with Gasteiger partial charge in [0.1, 0.15) is 6.23 Å². The fourth-order valence-electron chi connectivity index (χ4n) is 4.13. The number of carbonyl (C=O) groups excluding carboxylic acids is 1. The van der Waals surface area contributed by atoms with Crippen molar-refractivity contribution >= 4 is 11.9 Å². The van der Waals surface area contributed by atoms with Gasteiger partial charge in [0.2, 0.25) is 5.91 Å². The highest BCUT2D eigenvalue weighted by molar-refractivity contribution is 5.73. The zero-order chi connectivity index (χ0) is 16.4. The Bertz CT molecular complexity index is 451.